The molecule has 1 fully saturated rings. The third-order valence-corrected chi connectivity index (χ3v) is 5.02. The van der Waals surface area contributed by atoms with Crippen molar-refractivity contribution in [1.29, 1.82) is 0 Å². The minimum atomic E-state index is 0.501. The lowest BCUT2D eigenvalue weighted by atomic mass is 9.90. The first-order chi connectivity index (χ1) is 10.2. The van der Waals surface area contributed by atoms with Crippen LogP contribution in [0.4, 0.5) is 11.4 Å². The highest BCUT2D eigenvalue weighted by molar-refractivity contribution is 6.31. The fourth-order valence-electron chi connectivity index (χ4n) is 3.62. The largest absolute Gasteiger partial charge is 0.337 e. The minimum absolute atomic E-state index is 0.501. The van der Waals surface area contributed by atoms with E-state index in [1.165, 1.54) is 16.9 Å². The van der Waals surface area contributed by atoms with Gasteiger partial charge in [-0.25, -0.2) is 0 Å². The van der Waals surface area contributed by atoms with Gasteiger partial charge in [0.25, 0.3) is 0 Å². The number of nitrogens with one attached hydrogen (secondary N) is 1. The number of nitrogens with zero attached hydrogens (tertiary/aromatic N) is 1. The molecule has 21 heavy (non-hydrogen) atoms. The summed E-state index contributed by atoms with van der Waals surface area (Å²) in [4.78, 5) is 2.45. The number of halogens is 2. The Morgan fingerprint density at radius 3 is 2.57 bits per heavy atom. The molecule has 0 saturated carbocycles. The normalized spacial score (nSPS) is 23.8. The Kier molecular flexibility index (Phi) is 3.33. The van der Waals surface area contributed by atoms with Crippen LogP contribution in [0.3, 0.4) is 0 Å². The van der Waals surface area contributed by atoms with E-state index in [0.29, 0.717) is 12.0 Å². The van der Waals surface area contributed by atoms with E-state index in [9.17, 15) is 0 Å². The second kappa shape index (κ2) is 5.20. The number of hydrogen-bond acceptors (Lipinski definition) is 2. The van der Waals surface area contributed by atoms with Gasteiger partial charge in [0.1, 0.15) is 0 Å². The van der Waals surface area contributed by atoms with E-state index in [0.717, 1.165) is 29.6 Å². The lowest BCUT2D eigenvalue weighted by Gasteiger charge is -2.34. The van der Waals surface area contributed by atoms with Gasteiger partial charge in [0.05, 0.1) is 0 Å². The lowest BCUT2D eigenvalue weighted by Crippen LogP contribution is -2.42. The lowest BCUT2D eigenvalue weighted by molar-refractivity contribution is 0.419. The van der Waals surface area contributed by atoms with Crippen molar-refractivity contribution in [3.63, 3.8) is 0 Å². The zero-order valence-electron chi connectivity index (χ0n) is 11.5. The van der Waals surface area contributed by atoms with Crippen LogP contribution in [0.25, 0.3) is 0 Å². The second-order valence-electron chi connectivity index (χ2n) is 5.72. The molecule has 2 aromatic carbocycles. The molecule has 4 rings (SSSR count). The molecule has 2 aliphatic rings. The van der Waals surface area contributed by atoms with E-state index in [1.807, 2.05) is 18.2 Å². The quantitative estimate of drug-likeness (QED) is 0.827. The maximum absolute atomic E-state index is 6.21. The third kappa shape index (κ3) is 2.22. The van der Waals surface area contributed by atoms with Crippen LogP contribution in [0.5, 0.6) is 0 Å². The average Bonchev–Trinajstić information content (AvgIpc) is 2.82. The Morgan fingerprint density at radius 2 is 1.76 bits per heavy atom. The van der Waals surface area contributed by atoms with E-state index in [-0.39, 0.29) is 0 Å². The number of fused-ring (bicyclic) bond motifs is 3. The summed E-state index contributed by atoms with van der Waals surface area (Å²) in [5.41, 5.74) is 3.84. The summed E-state index contributed by atoms with van der Waals surface area (Å²) in [6, 6.07) is 14.9. The van der Waals surface area contributed by atoms with Crippen LogP contribution in [-0.2, 0) is 0 Å². The minimum Gasteiger partial charge on any atom is -0.337 e. The highest BCUT2D eigenvalue weighted by Gasteiger charge is 2.40. The smallest absolute Gasteiger partial charge is 0.0451 e. The molecule has 1 saturated heterocycles. The van der Waals surface area contributed by atoms with Crippen molar-refractivity contribution < 1.29 is 0 Å². The van der Waals surface area contributed by atoms with Crippen LogP contribution in [0.1, 0.15) is 17.9 Å². The Labute approximate surface area is 134 Å². The zero-order chi connectivity index (χ0) is 14.4. The van der Waals surface area contributed by atoms with Gasteiger partial charge in [-0.3, -0.25) is 0 Å². The molecule has 2 nitrogen and oxygen atoms in total. The monoisotopic (exact) mass is 318 g/mol. The predicted octanol–water partition coefficient (Wildman–Crippen LogP) is 4.59. The number of benzene rings is 2. The number of rotatable bonds is 1. The first-order valence-electron chi connectivity index (χ1n) is 7.29. The van der Waals surface area contributed by atoms with Gasteiger partial charge in [-0.15, -0.1) is 0 Å². The first-order valence-corrected chi connectivity index (χ1v) is 8.04. The molecule has 0 spiro atoms. The number of hydrogen-bond donors (Lipinski definition) is 1. The summed E-state index contributed by atoms with van der Waals surface area (Å²) >= 11 is 12.2. The van der Waals surface area contributed by atoms with Gasteiger partial charge >= 0.3 is 0 Å². The van der Waals surface area contributed by atoms with Crippen molar-refractivity contribution in [3.8, 4) is 0 Å². The van der Waals surface area contributed by atoms with Gasteiger partial charge in [0.2, 0.25) is 0 Å². The molecule has 0 aromatic heterocycles. The summed E-state index contributed by atoms with van der Waals surface area (Å²) in [6.07, 6.45) is 1.14. The zero-order valence-corrected chi connectivity index (χ0v) is 13.0. The summed E-state index contributed by atoms with van der Waals surface area (Å²) in [6.45, 7) is 2.08. The highest BCUT2D eigenvalue weighted by Crippen LogP contribution is 2.47. The SMILES string of the molecule is Clc1ccc(N2c3ccc(Cl)cc3[C@@H]3CNCC[C@H]32)cc1. The maximum atomic E-state index is 6.21. The molecule has 0 aliphatic carbocycles. The van der Waals surface area contributed by atoms with E-state index in [1.54, 1.807) is 0 Å². The van der Waals surface area contributed by atoms with Crippen molar-refractivity contribution in [2.45, 2.75) is 18.4 Å². The fraction of sp³-hybridized carbons (Fsp3) is 0.294. The molecule has 0 bridgehead atoms. The van der Waals surface area contributed by atoms with Gasteiger partial charge in [-0.1, -0.05) is 23.2 Å². The first kappa shape index (κ1) is 13.4. The molecule has 0 amide bonds. The Bertz CT molecular complexity index is 669. The molecule has 0 unspecified atom stereocenters. The van der Waals surface area contributed by atoms with Gasteiger partial charge in [0.15, 0.2) is 0 Å². The molecule has 108 valence electrons. The Morgan fingerprint density at radius 1 is 1.00 bits per heavy atom. The summed E-state index contributed by atoms with van der Waals surface area (Å²) in [7, 11) is 0. The third-order valence-electron chi connectivity index (χ3n) is 4.53. The van der Waals surface area contributed by atoms with Gasteiger partial charge in [0, 0.05) is 39.9 Å². The van der Waals surface area contributed by atoms with Crippen LogP contribution in [-0.4, -0.2) is 19.1 Å². The van der Waals surface area contributed by atoms with E-state index in [4.69, 9.17) is 23.2 Å². The number of piperidine rings is 1. The summed E-state index contributed by atoms with van der Waals surface area (Å²) in [5.74, 6) is 0.503. The predicted molar refractivity (Wildman–Crippen MR) is 89.1 cm³/mol. The Balaban J connectivity index is 1.84. The van der Waals surface area contributed by atoms with Gasteiger partial charge in [-0.2, -0.15) is 0 Å². The molecular weight excluding hydrogens is 303 g/mol. The van der Waals surface area contributed by atoms with Crippen molar-refractivity contribution in [2.75, 3.05) is 18.0 Å². The fourth-order valence-corrected chi connectivity index (χ4v) is 3.93. The standard InChI is InChI=1S/C17H16Cl2N2/c18-11-1-4-13(5-2-11)21-16-6-3-12(19)9-14(16)15-10-20-8-7-17(15)21/h1-6,9,15,17,20H,7-8,10H2/t15-,17+/m0/s1. The van der Waals surface area contributed by atoms with Crippen molar-refractivity contribution in [3.05, 3.63) is 58.1 Å². The second-order valence-corrected chi connectivity index (χ2v) is 6.59. The molecule has 2 aromatic rings. The van der Waals surface area contributed by atoms with E-state index in [2.05, 4.69) is 34.5 Å². The molecule has 1 N–H and O–H groups in total. The Hall–Kier alpha value is -1.22. The average molecular weight is 319 g/mol. The van der Waals surface area contributed by atoms with Gasteiger partial charge in [-0.05, 0) is 61.0 Å². The molecule has 2 atom stereocenters. The molecule has 2 heterocycles. The topological polar surface area (TPSA) is 15.3 Å². The summed E-state index contributed by atoms with van der Waals surface area (Å²) < 4.78 is 0. The van der Waals surface area contributed by atoms with Crippen LogP contribution < -0.4 is 10.2 Å². The van der Waals surface area contributed by atoms with Crippen molar-refractivity contribution >= 4 is 34.6 Å². The number of anilines is 2. The van der Waals surface area contributed by atoms with Crippen molar-refractivity contribution in [1.82, 2.24) is 5.32 Å². The van der Waals surface area contributed by atoms with Crippen LogP contribution in [0.2, 0.25) is 10.0 Å². The van der Waals surface area contributed by atoms with Gasteiger partial charge < -0.3 is 10.2 Å². The highest BCUT2D eigenvalue weighted by atomic mass is 35.5. The van der Waals surface area contributed by atoms with Crippen LogP contribution in [0, 0.1) is 0 Å². The molecule has 2 aliphatic heterocycles. The van der Waals surface area contributed by atoms with Crippen LogP contribution in [0.15, 0.2) is 42.5 Å². The van der Waals surface area contributed by atoms with Crippen LogP contribution >= 0.6 is 23.2 Å². The molecular formula is C17H16Cl2N2. The van der Waals surface area contributed by atoms with E-state index < -0.39 is 0 Å². The maximum Gasteiger partial charge on any atom is 0.0451 e. The molecule has 4 heteroatoms. The van der Waals surface area contributed by atoms with Crippen molar-refractivity contribution in [2.24, 2.45) is 0 Å². The summed E-state index contributed by atoms with van der Waals surface area (Å²) in [5, 5.41) is 5.10. The van der Waals surface area contributed by atoms with E-state index >= 15 is 0 Å². The molecule has 0 radical (unpaired) electrons.